The number of hydrogen-bond acceptors (Lipinski definition) is 6. The largest absolute Gasteiger partial charge is 0.399 e. The highest BCUT2D eigenvalue weighted by Crippen LogP contribution is 2.25. The molecule has 0 fully saturated rings. The molecule has 3 aromatic rings. The number of benzene rings is 3. The number of oxime groups is 2. The average molecular weight is 603 g/mol. The van der Waals surface area contributed by atoms with Crippen LogP contribution in [0.5, 0.6) is 0 Å². The zero-order valence-corrected chi connectivity index (χ0v) is 28.8. The summed E-state index contributed by atoms with van der Waals surface area (Å²) >= 11 is 0. The van der Waals surface area contributed by atoms with Gasteiger partial charge in [-0.3, -0.25) is 0 Å². The third-order valence-corrected chi connectivity index (χ3v) is 4.83. The number of allylic oxidation sites excluding steroid dienone is 3. The van der Waals surface area contributed by atoms with Crippen LogP contribution in [-0.2, 0) is 19.3 Å². The molecule has 0 amide bonds. The van der Waals surface area contributed by atoms with Gasteiger partial charge in [-0.25, -0.2) is 4.79 Å². The lowest BCUT2D eigenvalue weighted by Gasteiger charge is -2.08. The molecule has 0 unspecified atom stereocenters. The highest BCUT2D eigenvalue weighted by atomic mass is 16.7. The van der Waals surface area contributed by atoms with Crippen LogP contribution in [0.4, 0.5) is 0 Å². The Morgan fingerprint density at radius 1 is 0.727 bits per heavy atom. The molecule has 0 saturated heterocycles. The smallest absolute Gasteiger partial charge is 0.331 e. The maximum Gasteiger partial charge on any atom is 0.331 e. The Morgan fingerprint density at radius 3 is 1.48 bits per heavy atom. The highest BCUT2D eigenvalue weighted by molar-refractivity contribution is 6.11. The van der Waals surface area contributed by atoms with Gasteiger partial charge >= 0.3 is 5.97 Å². The van der Waals surface area contributed by atoms with Crippen molar-refractivity contribution in [2.45, 2.75) is 75.7 Å². The van der Waals surface area contributed by atoms with Crippen LogP contribution in [-0.4, -0.2) is 30.8 Å². The Hall–Kier alpha value is -4.58. The van der Waals surface area contributed by atoms with Gasteiger partial charge in [-0.05, 0) is 48.6 Å². The van der Waals surface area contributed by atoms with Gasteiger partial charge < -0.3 is 14.5 Å². The van der Waals surface area contributed by atoms with E-state index < -0.39 is 5.97 Å². The van der Waals surface area contributed by atoms with Crippen LogP contribution < -0.4 is 0 Å². The van der Waals surface area contributed by atoms with Gasteiger partial charge in [0, 0.05) is 13.3 Å². The Bertz CT molecular complexity index is 1210. The molecule has 0 aromatic heterocycles. The van der Waals surface area contributed by atoms with Crippen molar-refractivity contribution in [1.82, 2.24) is 0 Å². The van der Waals surface area contributed by atoms with Gasteiger partial charge in [0.05, 0.1) is 11.4 Å². The number of carbonyl (C=O) groups is 2. The lowest BCUT2D eigenvalue weighted by atomic mass is 9.98. The third kappa shape index (κ3) is 20.3. The molecule has 0 saturated carbocycles. The van der Waals surface area contributed by atoms with Crippen LogP contribution in [0.1, 0.15) is 81.2 Å². The van der Waals surface area contributed by atoms with Gasteiger partial charge in [0.2, 0.25) is 0 Å². The molecule has 240 valence electrons. The van der Waals surface area contributed by atoms with Crippen LogP contribution in [0.25, 0.3) is 22.3 Å². The molecule has 0 radical (unpaired) electrons. The molecule has 0 atom stereocenters. The monoisotopic (exact) mass is 602 g/mol. The predicted molar refractivity (Wildman–Crippen MR) is 191 cm³/mol. The van der Waals surface area contributed by atoms with E-state index in [1.165, 1.54) is 32.1 Å². The lowest BCUT2D eigenvalue weighted by Crippen LogP contribution is -2.09. The minimum atomic E-state index is -0.469. The fourth-order valence-electron chi connectivity index (χ4n) is 3.21. The van der Waals surface area contributed by atoms with Crippen molar-refractivity contribution in [3.8, 4) is 22.3 Å². The standard InChI is InChI=1S/C25H24N2O3.C5H8.C2H4O.3C2H6/c1-18(26-29-3)17-25(27-30-19(2)28)24-15-13-23(14-16-24)22-11-9-21(10-12-22)20-7-5-4-6-8-20;1-3-5-4-2;1-2-3;3*1-2/h4-16H,17H2,1-3H3;3-5H,1H2,2H3;2H,1H3;3*1-2H3/b26-18+,27-25-;5-4-;;;;. The lowest BCUT2D eigenvalue weighted by molar-refractivity contribution is -0.140. The summed E-state index contributed by atoms with van der Waals surface area (Å²) in [5, 5.41) is 7.90. The van der Waals surface area contributed by atoms with E-state index >= 15 is 0 Å². The van der Waals surface area contributed by atoms with Crippen LogP contribution in [0.2, 0.25) is 0 Å². The Kier molecular flexibility index (Phi) is 31.3. The quantitative estimate of drug-likeness (QED) is 0.0845. The molecule has 44 heavy (non-hydrogen) atoms. The van der Waals surface area contributed by atoms with Crippen molar-refractivity contribution in [3.63, 3.8) is 0 Å². The second kappa shape index (κ2) is 31.4. The number of rotatable bonds is 8. The summed E-state index contributed by atoms with van der Waals surface area (Å²) in [5.41, 5.74) is 6.77. The summed E-state index contributed by atoms with van der Waals surface area (Å²) < 4.78 is 0. The maximum atomic E-state index is 11.2. The van der Waals surface area contributed by atoms with E-state index in [-0.39, 0.29) is 0 Å². The van der Waals surface area contributed by atoms with Crippen LogP contribution >= 0.6 is 0 Å². The fourth-order valence-corrected chi connectivity index (χ4v) is 3.21. The maximum absolute atomic E-state index is 11.2. The van der Waals surface area contributed by atoms with Crippen LogP contribution in [0.15, 0.2) is 114 Å². The molecule has 0 bridgehead atoms. The highest BCUT2D eigenvalue weighted by Gasteiger charge is 2.09. The van der Waals surface area contributed by atoms with E-state index in [0.29, 0.717) is 12.1 Å². The van der Waals surface area contributed by atoms with Crippen molar-refractivity contribution < 1.29 is 19.3 Å². The summed E-state index contributed by atoms with van der Waals surface area (Å²) in [6.45, 7) is 22.0. The average Bonchev–Trinajstić information content (AvgIpc) is 3.07. The van der Waals surface area contributed by atoms with Crippen molar-refractivity contribution in [2.24, 2.45) is 10.3 Å². The van der Waals surface area contributed by atoms with E-state index in [0.717, 1.165) is 28.7 Å². The summed E-state index contributed by atoms with van der Waals surface area (Å²) in [5.74, 6) is -0.469. The second-order valence-corrected chi connectivity index (χ2v) is 7.82. The number of hydrogen-bond donors (Lipinski definition) is 0. The molecule has 0 N–H and O–H groups in total. The van der Waals surface area contributed by atoms with Gasteiger partial charge in [0.25, 0.3) is 0 Å². The minimum Gasteiger partial charge on any atom is -0.399 e. The Balaban J connectivity index is -0.00000103. The normalized spacial score (nSPS) is 9.80. The van der Waals surface area contributed by atoms with E-state index in [2.05, 4.69) is 53.3 Å². The molecular formula is C38H54N2O4. The third-order valence-electron chi connectivity index (χ3n) is 4.83. The molecule has 0 aliphatic rings. The minimum absolute atomic E-state index is 0.409. The topological polar surface area (TPSA) is 77.3 Å². The predicted octanol–water partition coefficient (Wildman–Crippen LogP) is 10.7. The van der Waals surface area contributed by atoms with Crippen molar-refractivity contribution >= 4 is 23.7 Å². The Morgan fingerprint density at radius 2 is 1.14 bits per heavy atom. The van der Waals surface area contributed by atoms with Crippen molar-refractivity contribution in [1.29, 1.82) is 0 Å². The molecule has 3 rings (SSSR count). The zero-order chi connectivity index (χ0) is 34.2. The van der Waals surface area contributed by atoms with Gasteiger partial charge in [-0.15, -0.1) is 0 Å². The zero-order valence-electron chi connectivity index (χ0n) is 28.8. The molecular weight excluding hydrogens is 548 g/mol. The van der Waals surface area contributed by atoms with E-state index in [1.54, 1.807) is 6.08 Å². The number of nitrogens with zero attached hydrogens (tertiary/aromatic N) is 2. The van der Waals surface area contributed by atoms with Crippen molar-refractivity contribution in [2.75, 3.05) is 7.11 Å². The summed E-state index contributed by atoms with van der Waals surface area (Å²) in [7, 11) is 1.49. The second-order valence-electron chi connectivity index (χ2n) is 7.82. The number of carbonyl (C=O) groups excluding carboxylic acids is 2. The van der Waals surface area contributed by atoms with Crippen LogP contribution in [0.3, 0.4) is 0 Å². The fraction of sp³-hybridized carbons (Fsp3) is 0.316. The molecule has 6 heteroatoms. The molecule has 0 aliphatic carbocycles. The molecule has 0 spiro atoms. The molecule has 3 aromatic carbocycles. The number of aldehydes is 1. The summed E-state index contributed by atoms with van der Waals surface area (Å²) in [6, 6.07) is 26.7. The van der Waals surface area contributed by atoms with Gasteiger partial charge in [-0.1, -0.05) is 156 Å². The van der Waals surface area contributed by atoms with E-state index in [9.17, 15) is 4.79 Å². The van der Waals surface area contributed by atoms with Gasteiger partial charge in [-0.2, -0.15) is 0 Å². The van der Waals surface area contributed by atoms with E-state index in [4.69, 9.17) is 14.5 Å². The SMILES string of the molecule is C=C/C=C\C.CC.CC.CC.CC=O.CO/N=C(\C)C/C(=N/OC(C)=O)c1ccc(-c2ccc(-c3ccccc3)cc2)cc1. The van der Waals surface area contributed by atoms with Crippen LogP contribution in [0, 0.1) is 0 Å². The first-order valence-electron chi connectivity index (χ1n) is 15.1. The first kappa shape index (κ1) is 43.9. The van der Waals surface area contributed by atoms with Gasteiger partial charge in [0.1, 0.15) is 13.4 Å². The van der Waals surface area contributed by atoms with Gasteiger partial charge in [0.15, 0.2) is 0 Å². The molecule has 6 nitrogen and oxygen atoms in total. The summed E-state index contributed by atoms with van der Waals surface area (Å²) in [6.07, 6.45) is 6.74. The van der Waals surface area contributed by atoms with E-state index in [1.807, 2.05) is 110 Å². The first-order valence-corrected chi connectivity index (χ1v) is 15.1. The first-order chi connectivity index (χ1) is 21.4. The molecule has 0 aliphatic heterocycles. The van der Waals surface area contributed by atoms with Crippen molar-refractivity contribution in [3.05, 3.63) is 109 Å². The summed E-state index contributed by atoms with van der Waals surface area (Å²) in [4.78, 5) is 29.7. The Labute approximate surface area is 267 Å². The molecule has 0 heterocycles.